The summed E-state index contributed by atoms with van der Waals surface area (Å²) in [6, 6.07) is 2.17. The molecule has 2 N–H and O–H groups in total. The van der Waals surface area contributed by atoms with Crippen molar-refractivity contribution in [2.75, 3.05) is 6.61 Å². The quantitative estimate of drug-likeness (QED) is 0.832. The average Bonchev–Trinajstić information content (AvgIpc) is 2.74. The van der Waals surface area contributed by atoms with Crippen molar-refractivity contribution in [3.8, 4) is 0 Å². The molecule has 0 saturated carbocycles. The topological polar surface area (TPSA) is 53.1 Å². The smallest absolute Gasteiger partial charge is 0.0756 e. The van der Waals surface area contributed by atoms with Crippen LogP contribution in [0.4, 0.5) is 0 Å². The second kappa shape index (κ2) is 4.55. The number of hydrogen-bond donors (Lipinski definition) is 1. The summed E-state index contributed by atoms with van der Waals surface area (Å²) in [6.07, 6.45) is 2.17. The number of nitrogens with two attached hydrogens (primary N) is 1. The van der Waals surface area contributed by atoms with Crippen molar-refractivity contribution < 1.29 is 4.74 Å². The molecule has 4 nitrogen and oxygen atoms in total. The number of aromatic nitrogens is 2. The van der Waals surface area contributed by atoms with Crippen molar-refractivity contribution in [1.29, 1.82) is 0 Å². The molecular weight excluding hydrogens is 202 g/mol. The molecule has 0 aromatic carbocycles. The summed E-state index contributed by atoms with van der Waals surface area (Å²) in [5.41, 5.74) is 8.45. The Morgan fingerprint density at radius 2 is 2.44 bits per heavy atom. The van der Waals surface area contributed by atoms with E-state index in [9.17, 15) is 0 Å². The van der Waals surface area contributed by atoms with Gasteiger partial charge in [0.1, 0.15) is 0 Å². The van der Waals surface area contributed by atoms with Gasteiger partial charge in [-0.05, 0) is 25.3 Å². The van der Waals surface area contributed by atoms with E-state index in [-0.39, 0.29) is 12.1 Å². The molecular formula is C12H21N3O. The lowest BCUT2D eigenvalue weighted by atomic mass is 9.95. The summed E-state index contributed by atoms with van der Waals surface area (Å²) in [4.78, 5) is 0. The van der Waals surface area contributed by atoms with Crippen molar-refractivity contribution in [3.63, 3.8) is 0 Å². The molecule has 1 aromatic rings. The van der Waals surface area contributed by atoms with Crippen molar-refractivity contribution >= 4 is 0 Å². The number of rotatable bonds is 3. The van der Waals surface area contributed by atoms with Gasteiger partial charge in [0.15, 0.2) is 0 Å². The van der Waals surface area contributed by atoms with E-state index in [1.807, 2.05) is 18.7 Å². The number of ether oxygens (including phenoxy) is 1. The summed E-state index contributed by atoms with van der Waals surface area (Å²) in [5, 5.41) is 4.33. The van der Waals surface area contributed by atoms with Crippen LogP contribution in [0.15, 0.2) is 6.07 Å². The highest BCUT2D eigenvalue weighted by molar-refractivity contribution is 5.10. The van der Waals surface area contributed by atoms with E-state index in [1.165, 1.54) is 5.69 Å². The fraction of sp³-hybridized carbons (Fsp3) is 0.750. The van der Waals surface area contributed by atoms with Crippen molar-refractivity contribution in [2.24, 2.45) is 18.7 Å². The Kier molecular flexibility index (Phi) is 3.30. The van der Waals surface area contributed by atoms with Gasteiger partial charge in [-0.2, -0.15) is 5.10 Å². The molecule has 3 atom stereocenters. The van der Waals surface area contributed by atoms with Crippen LogP contribution >= 0.6 is 0 Å². The fourth-order valence-electron chi connectivity index (χ4n) is 2.48. The predicted octanol–water partition coefficient (Wildman–Crippen LogP) is 1.02. The second-order valence-electron chi connectivity index (χ2n) is 4.87. The van der Waals surface area contributed by atoms with Crippen molar-refractivity contribution in [1.82, 2.24) is 9.78 Å². The Morgan fingerprint density at radius 3 is 2.94 bits per heavy atom. The van der Waals surface area contributed by atoms with E-state index in [0.717, 1.165) is 25.1 Å². The average molecular weight is 223 g/mol. The third-order valence-corrected chi connectivity index (χ3v) is 3.41. The molecule has 90 valence electrons. The van der Waals surface area contributed by atoms with Gasteiger partial charge >= 0.3 is 0 Å². The van der Waals surface area contributed by atoms with Gasteiger partial charge in [-0.3, -0.25) is 4.68 Å². The lowest BCUT2D eigenvalue weighted by Gasteiger charge is -2.22. The summed E-state index contributed by atoms with van der Waals surface area (Å²) in [7, 11) is 1.97. The highest BCUT2D eigenvalue weighted by atomic mass is 16.5. The van der Waals surface area contributed by atoms with Crippen LogP contribution < -0.4 is 5.73 Å². The van der Waals surface area contributed by atoms with Gasteiger partial charge in [0, 0.05) is 31.8 Å². The van der Waals surface area contributed by atoms with Gasteiger partial charge < -0.3 is 10.5 Å². The van der Waals surface area contributed by atoms with Crippen LogP contribution in [0.5, 0.6) is 0 Å². The maximum absolute atomic E-state index is 6.21. The highest BCUT2D eigenvalue weighted by Crippen LogP contribution is 2.23. The third-order valence-electron chi connectivity index (χ3n) is 3.41. The molecule has 0 spiro atoms. The Labute approximate surface area is 96.8 Å². The molecule has 4 heteroatoms. The number of aryl methyl sites for hydroxylation is 2. The first-order chi connectivity index (χ1) is 7.58. The van der Waals surface area contributed by atoms with Crippen LogP contribution in [-0.4, -0.2) is 28.5 Å². The first kappa shape index (κ1) is 11.6. The van der Waals surface area contributed by atoms with Crippen LogP contribution in [0.2, 0.25) is 0 Å². The first-order valence-electron chi connectivity index (χ1n) is 5.94. The Balaban J connectivity index is 2.01. The van der Waals surface area contributed by atoms with Crippen LogP contribution in [0.3, 0.4) is 0 Å². The minimum atomic E-state index is 0.0762. The normalized spacial score (nSPS) is 27.2. The number of nitrogens with zero attached hydrogens (tertiary/aromatic N) is 2. The van der Waals surface area contributed by atoms with E-state index in [0.29, 0.717) is 5.92 Å². The zero-order valence-electron chi connectivity index (χ0n) is 10.3. The molecule has 3 unspecified atom stereocenters. The van der Waals surface area contributed by atoms with Crippen molar-refractivity contribution in [3.05, 3.63) is 17.5 Å². The summed E-state index contributed by atoms with van der Waals surface area (Å²) in [5.74, 6) is 0.573. The molecule has 0 amide bonds. The van der Waals surface area contributed by atoms with Crippen molar-refractivity contribution in [2.45, 2.75) is 38.8 Å². The molecule has 16 heavy (non-hydrogen) atoms. The van der Waals surface area contributed by atoms with E-state index < -0.39 is 0 Å². The number of hydrogen-bond acceptors (Lipinski definition) is 3. The van der Waals surface area contributed by atoms with Gasteiger partial charge in [-0.15, -0.1) is 0 Å². The molecule has 2 rings (SSSR count). The minimum absolute atomic E-state index is 0.0762. The lowest BCUT2D eigenvalue weighted by molar-refractivity contribution is 0.0721. The molecule has 1 aromatic heterocycles. The van der Waals surface area contributed by atoms with Gasteiger partial charge in [0.05, 0.1) is 11.8 Å². The Morgan fingerprint density at radius 1 is 1.69 bits per heavy atom. The van der Waals surface area contributed by atoms with Crippen LogP contribution in [0.1, 0.15) is 24.7 Å². The lowest BCUT2D eigenvalue weighted by Crippen LogP contribution is -2.39. The molecule has 0 radical (unpaired) electrons. The fourth-order valence-corrected chi connectivity index (χ4v) is 2.48. The zero-order valence-corrected chi connectivity index (χ0v) is 10.3. The van der Waals surface area contributed by atoms with Gasteiger partial charge in [0.2, 0.25) is 0 Å². The first-order valence-corrected chi connectivity index (χ1v) is 5.94. The summed E-state index contributed by atoms with van der Waals surface area (Å²) >= 11 is 0. The molecule has 2 heterocycles. The molecule has 0 aliphatic carbocycles. The monoisotopic (exact) mass is 223 g/mol. The predicted molar refractivity (Wildman–Crippen MR) is 63.1 cm³/mol. The van der Waals surface area contributed by atoms with Gasteiger partial charge in [-0.25, -0.2) is 0 Å². The van der Waals surface area contributed by atoms with E-state index in [1.54, 1.807) is 0 Å². The van der Waals surface area contributed by atoms with Gasteiger partial charge in [-0.1, -0.05) is 6.92 Å². The minimum Gasteiger partial charge on any atom is -0.376 e. The van der Waals surface area contributed by atoms with Gasteiger partial charge in [0.25, 0.3) is 0 Å². The molecule has 0 bridgehead atoms. The standard InChI is InChI=1S/C12H21N3O/c1-8-4-5-16-12(8)11(13)7-10-6-9(2)14-15(10)3/h6,8,11-12H,4-5,7,13H2,1-3H3. The maximum Gasteiger partial charge on any atom is 0.0756 e. The van der Waals surface area contributed by atoms with Crippen LogP contribution in [0.25, 0.3) is 0 Å². The van der Waals surface area contributed by atoms with Crippen LogP contribution in [0, 0.1) is 12.8 Å². The summed E-state index contributed by atoms with van der Waals surface area (Å²) in [6.45, 7) is 5.07. The second-order valence-corrected chi connectivity index (χ2v) is 4.87. The highest BCUT2D eigenvalue weighted by Gasteiger charge is 2.30. The Hall–Kier alpha value is -0.870. The maximum atomic E-state index is 6.21. The van der Waals surface area contributed by atoms with E-state index in [2.05, 4.69) is 18.1 Å². The molecule has 1 aliphatic rings. The SMILES string of the molecule is Cc1cc(CC(N)C2OCCC2C)n(C)n1. The zero-order chi connectivity index (χ0) is 11.7. The molecule has 1 aliphatic heterocycles. The van der Waals surface area contributed by atoms with E-state index in [4.69, 9.17) is 10.5 Å². The summed E-state index contributed by atoms with van der Waals surface area (Å²) < 4.78 is 7.60. The van der Waals surface area contributed by atoms with E-state index >= 15 is 0 Å². The molecule has 1 fully saturated rings. The largest absolute Gasteiger partial charge is 0.376 e. The van der Waals surface area contributed by atoms with Crippen LogP contribution in [-0.2, 0) is 18.2 Å². The molecule has 1 saturated heterocycles. The third kappa shape index (κ3) is 2.28. The Bertz CT molecular complexity index is 361.